The van der Waals surface area contributed by atoms with Crippen molar-refractivity contribution in [2.45, 2.75) is 26.2 Å². The average Bonchev–Trinajstić information content (AvgIpc) is 3.26. The zero-order valence-corrected chi connectivity index (χ0v) is 13.6. The van der Waals surface area contributed by atoms with E-state index in [1.807, 2.05) is 6.92 Å². The average molecular weight is 334 g/mol. The van der Waals surface area contributed by atoms with Gasteiger partial charge in [-0.05, 0) is 25.3 Å². The summed E-state index contributed by atoms with van der Waals surface area (Å²) in [4.78, 5) is 26.4. The van der Waals surface area contributed by atoms with Crippen LogP contribution in [0.2, 0.25) is 0 Å². The molecule has 2 aromatic rings. The number of carbonyl (C=O) groups is 2. The molecule has 0 aliphatic carbocycles. The van der Waals surface area contributed by atoms with Crippen molar-refractivity contribution >= 4 is 28.3 Å². The highest BCUT2D eigenvalue weighted by molar-refractivity contribution is 7.15. The lowest BCUT2D eigenvalue weighted by Crippen LogP contribution is -2.43. The van der Waals surface area contributed by atoms with Crippen molar-refractivity contribution in [3.63, 3.8) is 0 Å². The Labute approximate surface area is 137 Å². The quantitative estimate of drug-likeness (QED) is 0.926. The number of hydrogen-bond donors (Lipinski definition) is 1. The van der Waals surface area contributed by atoms with Gasteiger partial charge in [-0.1, -0.05) is 18.3 Å². The molecule has 3 rings (SSSR count). The second-order valence-electron chi connectivity index (χ2n) is 5.45. The molecule has 8 heteroatoms. The number of furan rings is 1. The molecular weight excluding hydrogens is 316 g/mol. The zero-order chi connectivity index (χ0) is 16.2. The minimum Gasteiger partial charge on any atom is -0.472 e. The number of nitrogens with zero attached hydrogens (tertiary/aromatic N) is 3. The Morgan fingerprint density at radius 3 is 3.04 bits per heavy atom. The van der Waals surface area contributed by atoms with Crippen LogP contribution >= 0.6 is 11.3 Å². The predicted molar refractivity (Wildman–Crippen MR) is 85.3 cm³/mol. The molecule has 2 amide bonds. The molecule has 1 saturated heterocycles. The summed E-state index contributed by atoms with van der Waals surface area (Å²) >= 11 is 1.38. The van der Waals surface area contributed by atoms with E-state index < -0.39 is 0 Å². The number of hydrogen-bond acceptors (Lipinski definition) is 6. The van der Waals surface area contributed by atoms with Gasteiger partial charge in [-0.25, -0.2) is 0 Å². The van der Waals surface area contributed by atoms with Crippen LogP contribution in [0.15, 0.2) is 23.0 Å². The van der Waals surface area contributed by atoms with Crippen molar-refractivity contribution < 1.29 is 14.0 Å². The highest BCUT2D eigenvalue weighted by Crippen LogP contribution is 2.22. The highest BCUT2D eigenvalue weighted by Gasteiger charge is 2.29. The maximum atomic E-state index is 12.4. The minimum atomic E-state index is -0.228. The largest absolute Gasteiger partial charge is 0.472 e. The first-order valence-electron chi connectivity index (χ1n) is 7.62. The summed E-state index contributed by atoms with van der Waals surface area (Å²) in [6.07, 6.45) is 5.27. The van der Waals surface area contributed by atoms with Gasteiger partial charge in [0.15, 0.2) is 0 Å². The first-order chi connectivity index (χ1) is 11.2. The molecule has 0 unspecified atom stereocenters. The van der Waals surface area contributed by atoms with E-state index in [-0.39, 0.29) is 17.7 Å². The Morgan fingerprint density at radius 1 is 1.48 bits per heavy atom. The Hall–Kier alpha value is -2.22. The molecule has 0 saturated carbocycles. The maximum Gasteiger partial charge on any atom is 0.257 e. The number of amides is 2. The maximum absolute atomic E-state index is 12.4. The number of carbonyl (C=O) groups excluding carboxylic acids is 2. The summed E-state index contributed by atoms with van der Waals surface area (Å²) in [7, 11) is 0. The van der Waals surface area contributed by atoms with Crippen molar-refractivity contribution in [2.24, 2.45) is 5.92 Å². The van der Waals surface area contributed by atoms with Crippen LogP contribution in [0.1, 0.15) is 35.1 Å². The van der Waals surface area contributed by atoms with E-state index in [0.717, 1.165) is 24.3 Å². The molecule has 1 fully saturated rings. The molecule has 0 aromatic carbocycles. The van der Waals surface area contributed by atoms with E-state index in [4.69, 9.17) is 4.42 Å². The zero-order valence-electron chi connectivity index (χ0n) is 12.8. The first kappa shape index (κ1) is 15.7. The Morgan fingerprint density at radius 2 is 2.35 bits per heavy atom. The number of anilines is 1. The predicted octanol–water partition coefficient (Wildman–Crippen LogP) is 2.18. The van der Waals surface area contributed by atoms with Gasteiger partial charge in [0.1, 0.15) is 11.3 Å². The second-order valence-corrected chi connectivity index (χ2v) is 6.51. The summed E-state index contributed by atoms with van der Waals surface area (Å²) in [5.41, 5.74) is 0.516. The van der Waals surface area contributed by atoms with Crippen LogP contribution in [0.4, 0.5) is 5.13 Å². The molecule has 122 valence electrons. The number of likely N-dealkylation sites (tertiary alicyclic amines) is 1. The van der Waals surface area contributed by atoms with Crippen LogP contribution in [0, 0.1) is 5.92 Å². The molecule has 23 heavy (non-hydrogen) atoms. The van der Waals surface area contributed by atoms with Crippen LogP contribution < -0.4 is 5.32 Å². The summed E-state index contributed by atoms with van der Waals surface area (Å²) in [6, 6.07) is 1.64. The molecule has 1 aliphatic heterocycles. The molecule has 0 spiro atoms. The van der Waals surface area contributed by atoms with Gasteiger partial charge in [-0.15, -0.1) is 10.2 Å². The lowest BCUT2D eigenvalue weighted by Gasteiger charge is -2.31. The van der Waals surface area contributed by atoms with Crippen molar-refractivity contribution in [1.82, 2.24) is 15.1 Å². The van der Waals surface area contributed by atoms with E-state index in [0.29, 0.717) is 23.8 Å². The number of nitrogens with one attached hydrogen (secondary N) is 1. The topological polar surface area (TPSA) is 88.3 Å². The number of aromatic nitrogens is 2. The highest BCUT2D eigenvalue weighted by atomic mass is 32.1. The fraction of sp³-hybridized carbons (Fsp3) is 0.467. The van der Waals surface area contributed by atoms with Gasteiger partial charge in [0.05, 0.1) is 17.7 Å². The number of piperidine rings is 1. The van der Waals surface area contributed by atoms with Crippen LogP contribution in [0.3, 0.4) is 0 Å². The van der Waals surface area contributed by atoms with Crippen LogP contribution in [-0.4, -0.2) is 40.0 Å². The normalized spacial score (nSPS) is 18.0. The summed E-state index contributed by atoms with van der Waals surface area (Å²) in [6.45, 7) is 3.06. The van der Waals surface area contributed by atoms with Crippen LogP contribution in [0.25, 0.3) is 0 Å². The monoisotopic (exact) mass is 334 g/mol. The van der Waals surface area contributed by atoms with E-state index >= 15 is 0 Å². The van der Waals surface area contributed by atoms with E-state index in [1.165, 1.54) is 23.9 Å². The third kappa shape index (κ3) is 3.58. The summed E-state index contributed by atoms with van der Waals surface area (Å²) in [5.74, 6) is -0.428. The third-order valence-electron chi connectivity index (χ3n) is 3.85. The molecule has 1 N–H and O–H groups in total. The standard InChI is InChI=1S/C15H18N4O3S/c1-2-12-17-18-15(23-12)16-13(20)10-4-3-6-19(8-10)14(21)11-5-7-22-9-11/h5,7,9-10H,2-4,6,8H2,1H3,(H,16,18,20)/t10-/m0/s1. The van der Waals surface area contributed by atoms with Gasteiger partial charge in [-0.2, -0.15) is 0 Å². The number of aryl methyl sites for hydroxylation is 1. The van der Waals surface area contributed by atoms with Crippen molar-refractivity contribution in [1.29, 1.82) is 0 Å². The van der Waals surface area contributed by atoms with E-state index in [2.05, 4.69) is 15.5 Å². The molecule has 1 aliphatic rings. The van der Waals surface area contributed by atoms with E-state index in [1.54, 1.807) is 11.0 Å². The second kappa shape index (κ2) is 6.91. The lowest BCUT2D eigenvalue weighted by atomic mass is 9.97. The smallest absolute Gasteiger partial charge is 0.257 e. The molecule has 1 atom stereocenters. The molecule has 0 radical (unpaired) electrons. The van der Waals surface area contributed by atoms with Gasteiger partial charge >= 0.3 is 0 Å². The molecule has 0 bridgehead atoms. The van der Waals surface area contributed by atoms with Crippen molar-refractivity contribution in [3.05, 3.63) is 29.2 Å². The molecular formula is C15H18N4O3S. The summed E-state index contributed by atoms with van der Waals surface area (Å²) < 4.78 is 4.95. The van der Waals surface area contributed by atoms with Gasteiger partial charge in [0, 0.05) is 13.1 Å². The van der Waals surface area contributed by atoms with Crippen molar-refractivity contribution in [2.75, 3.05) is 18.4 Å². The minimum absolute atomic E-state index is 0.0968. The molecule has 3 heterocycles. The Kier molecular flexibility index (Phi) is 4.71. The third-order valence-corrected chi connectivity index (χ3v) is 4.83. The van der Waals surface area contributed by atoms with Gasteiger partial charge in [-0.3, -0.25) is 9.59 Å². The van der Waals surface area contributed by atoms with Crippen molar-refractivity contribution in [3.8, 4) is 0 Å². The Balaban J connectivity index is 1.61. The molecule has 7 nitrogen and oxygen atoms in total. The van der Waals surface area contributed by atoms with Crippen LogP contribution in [-0.2, 0) is 11.2 Å². The number of rotatable bonds is 4. The fourth-order valence-corrected chi connectivity index (χ4v) is 3.28. The fourth-order valence-electron chi connectivity index (χ4n) is 2.60. The van der Waals surface area contributed by atoms with Gasteiger partial charge in [0.25, 0.3) is 5.91 Å². The SMILES string of the molecule is CCc1nnc(NC(=O)[C@H]2CCCN(C(=O)c3ccoc3)C2)s1. The summed E-state index contributed by atoms with van der Waals surface area (Å²) in [5, 5.41) is 12.2. The van der Waals surface area contributed by atoms with Crippen LogP contribution in [0.5, 0.6) is 0 Å². The van der Waals surface area contributed by atoms with Gasteiger partial charge < -0.3 is 14.6 Å². The van der Waals surface area contributed by atoms with Gasteiger partial charge in [0.2, 0.25) is 11.0 Å². The Bertz CT molecular complexity index is 683. The first-order valence-corrected chi connectivity index (χ1v) is 8.43. The van der Waals surface area contributed by atoms with E-state index in [9.17, 15) is 9.59 Å². The molecule has 2 aromatic heterocycles. The lowest BCUT2D eigenvalue weighted by molar-refractivity contribution is -0.121.